The maximum Gasteiger partial charge on any atom is 0.345 e. The molecule has 0 saturated heterocycles. The van der Waals surface area contributed by atoms with Gasteiger partial charge in [0, 0.05) is 24.5 Å². The quantitative estimate of drug-likeness (QED) is 0.162. The smallest absolute Gasteiger partial charge is 0.345 e. The summed E-state index contributed by atoms with van der Waals surface area (Å²) in [6, 6.07) is 9.60. The molecule has 0 radical (unpaired) electrons. The van der Waals surface area contributed by atoms with Crippen LogP contribution in [0.1, 0.15) is 35.3 Å². The van der Waals surface area contributed by atoms with E-state index in [1.807, 2.05) is 12.1 Å². The molecular formula is C22H22ClNO5. The molecule has 2 aromatic rings. The number of benzene rings is 1. The summed E-state index contributed by atoms with van der Waals surface area (Å²) in [4.78, 5) is 29.3. The third-order valence-electron chi connectivity index (χ3n) is 4.48. The number of ketones is 1. The van der Waals surface area contributed by atoms with Gasteiger partial charge in [-0.25, -0.2) is 9.78 Å². The minimum Gasteiger partial charge on any atom is -0.500 e. The molecule has 0 amide bonds. The monoisotopic (exact) mass is 415 g/mol. The average molecular weight is 416 g/mol. The Balaban J connectivity index is 1.81. The molecule has 0 N–H and O–H groups in total. The van der Waals surface area contributed by atoms with Gasteiger partial charge in [0.25, 0.3) is 0 Å². The summed E-state index contributed by atoms with van der Waals surface area (Å²) in [5.74, 6) is -1.11. The number of pyridine rings is 1. The number of aromatic nitrogens is 1. The molecule has 1 heterocycles. The van der Waals surface area contributed by atoms with Gasteiger partial charge in [-0.3, -0.25) is 4.79 Å². The van der Waals surface area contributed by atoms with Crippen molar-refractivity contribution in [2.75, 3.05) is 13.2 Å². The van der Waals surface area contributed by atoms with E-state index in [0.29, 0.717) is 6.61 Å². The predicted molar refractivity (Wildman–Crippen MR) is 108 cm³/mol. The minimum atomic E-state index is -0.771. The standard InChI is InChI=1S/C22H22ClNO5/c1-3-27-13-18(22(26)28-4-2)21(25)17-11-20(24-12-19(17)23)29-16-9-14-7-5-6-8-15(14)10-16/h5-8,11-13,16H,3-4,9-10H2,1-2H3. The van der Waals surface area contributed by atoms with E-state index in [9.17, 15) is 9.59 Å². The zero-order valence-corrected chi connectivity index (χ0v) is 17.1. The molecule has 6 nitrogen and oxygen atoms in total. The third kappa shape index (κ3) is 4.95. The Morgan fingerprint density at radius 3 is 2.48 bits per heavy atom. The van der Waals surface area contributed by atoms with Crippen LogP contribution in [0.25, 0.3) is 0 Å². The van der Waals surface area contributed by atoms with Crippen molar-refractivity contribution in [3.05, 3.63) is 70.1 Å². The van der Waals surface area contributed by atoms with E-state index in [1.165, 1.54) is 23.4 Å². The van der Waals surface area contributed by atoms with Crippen molar-refractivity contribution in [1.29, 1.82) is 0 Å². The van der Waals surface area contributed by atoms with Crippen molar-refractivity contribution in [3.63, 3.8) is 0 Å². The zero-order chi connectivity index (χ0) is 20.8. The number of ether oxygens (including phenoxy) is 3. The molecule has 0 fully saturated rings. The Bertz CT molecular complexity index is 916. The second-order valence-corrected chi connectivity index (χ2v) is 6.86. The third-order valence-corrected chi connectivity index (χ3v) is 4.78. The van der Waals surface area contributed by atoms with Gasteiger partial charge >= 0.3 is 5.97 Å². The number of Topliss-reactive ketones (excluding diaryl/α,β-unsaturated/α-hetero) is 1. The normalized spacial score (nSPS) is 13.7. The van der Waals surface area contributed by atoms with Crippen molar-refractivity contribution < 1.29 is 23.8 Å². The summed E-state index contributed by atoms with van der Waals surface area (Å²) in [6.45, 7) is 3.84. The van der Waals surface area contributed by atoms with E-state index in [4.69, 9.17) is 25.8 Å². The first-order valence-corrected chi connectivity index (χ1v) is 9.83. The van der Waals surface area contributed by atoms with Gasteiger partial charge in [-0.2, -0.15) is 0 Å². The maximum absolute atomic E-state index is 12.9. The van der Waals surface area contributed by atoms with E-state index in [0.717, 1.165) is 19.1 Å². The van der Waals surface area contributed by atoms with Gasteiger partial charge in [-0.15, -0.1) is 0 Å². The molecular weight excluding hydrogens is 394 g/mol. The number of nitrogens with zero attached hydrogens (tertiary/aromatic N) is 1. The number of hydrogen-bond acceptors (Lipinski definition) is 6. The van der Waals surface area contributed by atoms with Crippen molar-refractivity contribution in [2.45, 2.75) is 32.8 Å². The number of carbonyl (C=O) groups is 2. The average Bonchev–Trinajstić information content (AvgIpc) is 3.12. The largest absolute Gasteiger partial charge is 0.500 e. The molecule has 29 heavy (non-hydrogen) atoms. The molecule has 3 rings (SSSR count). The highest BCUT2D eigenvalue weighted by molar-refractivity contribution is 6.36. The van der Waals surface area contributed by atoms with E-state index < -0.39 is 11.8 Å². The Kier molecular flexibility index (Phi) is 6.88. The van der Waals surface area contributed by atoms with Crippen LogP contribution in [0.5, 0.6) is 5.88 Å². The van der Waals surface area contributed by atoms with Crippen LogP contribution in [0.2, 0.25) is 5.02 Å². The Morgan fingerprint density at radius 2 is 1.86 bits per heavy atom. The molecule has 0 spiro atoms. The first-order chi connectivity index (χ1) is 14.0. The number of halogens is 1. The van der Waals surface area contributed by atoms with Crippen LogP contribution in [0, 0.1) is 0 Å². The lowest BCUT2D eigenvalue weighted by Crippen LogP contribution is -2.19. The highest BCUT2D eigenvalue weighted by Crippen LogP contribution is 2.27. The number of fused-ring (bicyclic) bond motifs is 1. The molecule has 7 heteroatoms. The highest BCUT2D eigenvalue weighted by atomic mass is 35.5. The minimum absolute atomic E-state index is 0.0764. The summed E-state index contributed by atoms with van der Waals surface area (Å²) in [5, 5.41) is 0.115. The fourth-order valence-corrected chi connectivity index (χ4v) is 3.33. The van der Waals surface area contributed by atoms with E-state index in [-0.39, 0.29) is 34.8 Å². The number of hydrogen-bond donors (Lipinski definition) is 0. The second-order valence-electron chi connectivity index (χ2n) is 6.46. The molecule has 0 unspecified atom stereocenters. The van der Waals surface area contributed by atoms with Crippen LogP contribution in [0.4, 0.5) is 0 Å². The molecule has 1 aromatic heterocycles. The van der Waals surface area contributed by atoms with Crippen molar-refractivity contribution in [2.24, 2.45) is 0 Å². The summed E-state index contributed by atoms with van der Waals surface area (Å²) >= 11 is 6.18. The van der Waals surface area contributed by atoms with Crippen LogP contribution < -0.4 is 4.74 Å². The Hall–Kier alpha value is -2.86. The van der Waals surface area contributed by atoms with Crippen LogP contribution >= 0.6 is 11.6 Å². The topological polar surface area (TPSA) is 74.7 Å². The molecule has 1 aliphatic rings. The van der Waals surface area contributed by atoms with Crippen molar-refractivity contribution in [3.8, 4) is 5.88 Å². The second kappa shape index (κ2) is 9.56. The van der Waals surface area contributed by atoms with Gasteiger partial charge in [0.1, 0.15) is 17.9 Å². The first-order valence-electron chi connectivity index (χ1n) is 9.46. The van der Waals surface area contributed by atoms with Crippen molar-refractivity contribution in [1.82, 2.24) is 4.98 Å². The van der Waals surface area contributed by atoms with Gasteiger partial charge in [0.05, 0.1) is 24.4 Å². The van der Waals surface area contributed by atoms with Gasteiger partial charge in [-0.05, 0) is 25.0 Å². The lowest BCUT2D eigenvalue weighted by molar-refractivity contribution is -0.138. The summed E-state index contributed by atoms with van der Waals surface area (Å²) in [5.41, 5.74) is 2.35. The number of carbonyl (C=O) groups excluding carboxylic acids is 2. The van der Waals surface area contributed by atoms with E-state index in [2.05, 4.69) is 17.1 Å². The zero-order valence-electron chi connectivity index (χ0n) is 16.3. The van der Waals surface area contributed by atoms with Crippen molar-refractivity contribution >= 4 is 23.4 Å². The molecule has 0 aliphatic heterocycles. The summed E-state index contributed by atoms with van der Waals surface area (Å²) in [7, 11) is 0. The summed E-state index contributed by atoms with van der Waals surface area (Å²) < 4.78 is 16.1. The Labute approximate surface area is 174 Å². The highest BCUT2D eigenvalue weighted by Gasteiger charge is 2.26. The van der Waals surface area contributed by atoms with Crippen LogP contribution in [-0.4, -0.2) is 36.1 Å². The molecule has 152 valence electrons. The first kappa shape index (κ1) is 20.9. The summed E-state index contributed by atoms with van der Waals surface area (Å²) in [6.07, 6.45) is 3.90. The fraction of sp³-hybridized carbons (Fsp3) is 0.318. The van der Waals surface area contributed by atoms with Gasteiger partial charge in [-0.1, -0.05) is 35.9 Å². The Morgan fingerprint density at radius 1 is 1.17 bits per heavy atom. The molecule has 0 saturated carbocycles. The van der Waals surface area contributed by atoms with Crippen LogP contribution in [0.3, 0.4) is 0 Å². The van der Waals surface area contributed by atoms with Gasteiger partial charge in [0.2, 0.25) is 11.7 Å². The number of rotatable bonds is 8. The lowest BCUT2D eigenvalue weighted by Gasteiger charge is -2.14. The van der Waals surface area contributed by atoms with Gasteiger partial charge in [0.15, 0.2) is 0 Å². The molecule has 0 bridgehead atoms. The molecule has 1 aliphatic carbocycles. The van der Waals surface area contributed by atoms with Crippen LogP contribution in [0.15, 0.2) is 48.4 Å². The van der Waals surface area contributed by atoms with Crippen LogP contribution in [-0.2, 0) is 27.1 Å². The lowest BCUT2D eigenvalue weighted by atomic mass is 10.1. The SMILES string of the molecule is CCOC=C(C(=O)OCC)C(=O)c1cc(OC2Cc3ccccc3C2)ncc1Cl. The fourth-order valence-electron chi connectivity index (χ4n) is 3.15. The number of esters is 1. The molecule has 0 atom stereocenters. The van der Waals surface area contributed by atoms with Gasteiger partial charge < -0.3 is 14.2 Å². The van der Waals surface area contributed by atoms with E-state index >= 15 is 0 Å². The van der Waals surface area contributed by atoms with E-state index in [1.54, 1.807) is 13.8 Å². The maximum atomic E-state index is 12.9. The predicted octanol–water partition coefficient (Wildman–Crippen LogP) is 3.95. The molecule has 1 aromatic carbocycles.